The summed E-state index contributed by atoms with van der Waals surface area (Å²) in [6.07, 6.45) is 2.11. The normalized spacial score (nSPS) is 9.60. The molecular weight excluding hydrogens is 210 g/mol. The zero-order valence-corrected chi connectivity index (χ0v) is 10.1. The first-order valence-electron chi connectivity index (χ1n) is 4.84. The average molecular weight is 226 g/mol. The van der Waals surface area contributed by atoms with Crippen LogP contribution in [-0.4, -0.2) is 13.7 Å². The van der Waals surface area contributed by atoms with Gasteiger partial charge in [-0.1, -0.05) is 23.3 Å². The second kappa shape index (κ2) is 5.66. The predicted molar refractivity (Wildman–Crippen MR) is 65.9 cm³/mol. The first-order valence-corrected chi connectivity index (χ1v) is 5.22. The van der Waals surface area contributed by atoms with Crippen LogP contribution in [0.25, 0.3) is 0 Å². The molecular formula is C12H16ClNO. The van der Waals surface area contributed by atoms with Crippen LogP contribution in [0.4, 0.5) is 5.69 Å². The fraction of sp³-hybridized carbons (Fsp3) is 0.333. The van der Waals surface area contributed by atoms with Gasteiger partial charge in [0, 0.05) is 12.6 Å². The van der Waals surface area contributed by atoms with Crippen molar-refractivity contribution in [3.8, 4) is 5.75 Å². The van der Waals surface area contributed by atoms with Gasteiger partial charge in [0.15, 0.2) is 0 Å². The molecule has 0 aliphatic rings. The molecule has 0 aromatic heterocycles. The van der Waals surface area contributed by atoms with Gasteiger partial charge in [-0.2, -0.15) is 0 Å². The van der Waals surface area contributed by atoms with Crippen LogP contribution >= 0.6 is 11.6 Å². The molecule has 0 saturated carbocycles. The number of benzene rings is 1. The van der Waals surface area contributed by atoms with E-state index < -0.39 is 0 Å². The largest absolute Gasteiger partial charge is 0.497 e. The van der Waals surface area contributed by atoms with E-state index in [9.17, 15) is 0 Å². The Labute approximate surface area is 95.9 Å². The standard InChI is InChI=1S/C12H16ClNO/c1-9(2)6-7-14-12-8-10(15-3)4-5-11(12)13/h4-6,8,14H,7H2,1-3H3. The Balaban J connectivity index is 2.71. The van der Waals surface area contributed by atoms with Crippen LogP contribution in [-0.2, 0) is 0 Å². The average Bonchev–Trinajstić information content (AvgIpc) is 2.20. The number of allylic oxidation sites excluding steroid dienone is 1. The van der Waals surface area contributed by atoms with E-state index in [1.807, 2.05) is 18.2 Å². The first kappa shape index (κ1) is 11.9. The van der Waals surface area contributed by atoms with Crippen molar-refractivity contribution in [1.29, 1.82) is 0 Å². The first-order chi connectivity index (χ1) is 7.13. The third-order valence-corrected chi connectivity index (χ3v) is 2.31. The maximum absolute atomic E-state index is 6.03. The summed E-state index contributed by atoms with van der Waals surface area (Å²) in [6.45, 7) is 4.90. The molecule has 1 N–H and O–H groups in total. The second-order valence-electron chi connectivity index (χ2n) is 3.51. The van der Waals surface area contributed by atoms with Crippen molar-refractivity contribution < 1.29 is 4.74 Å². The summed E-state index contributed by atoms with van der Waals surface area (Å²) in [5.74, 6) is 0.805. The topological polar surface area (TPSA) is 21.3 Å². The fourth-order valence-electron chi connectivity index (χ4n) is 1.13. The second-order valence-corrected chi connectivity index (χ2v) is 3.92. The molecule has 0 aliphatic carbocycles. The van der Waals surface area contributed by atoms with Gasteiger partial charge in [0.2, 0.25) is 0 Å². The van der Waals surface area contributed by atoms with Crippen molar-refractivity contribution in [2.75, 3.05) is 19.0 Å². The van der Waals surface area contributed by atoms with Crippen LogP contribution in [0.15, 0.2) is 29.8 Å². The Hall–Kier alpha value is -1.15. The van der Waals surface area contributed by atoms with Crippen LogP contribution in [0.3, 0.4) is 0 Å². The van der Waals surface area contributed by atoms with E-state index in [1.165, 1.54) is 5.57 Å². The van der Waals surface area contributed by atoms with Gasteiger partial charge in [-0.15, -0.1) is 0 Å². The zero-order valence-electron chi connectivity index (χ0n) is 9.30. The summed E-state index contributed by atoms with van der Waals surface area (Å²) in [6, 6.07) is 5.56. The molecule has 1 aromatic rings. The van der Waals surface area contributed by atoms with Crippen LogP contribution in [0.1, 0.15) is 13.8 Å². The third-order valence-electron chi connectivity index (χ3n) is 1.98. The van der Waals surface area contributed by atoms with E-state index >= 15 is 0 Å². The Morgan fingerprint density at radius 2 is 2.20 bits per heavy atom. The molecule has 0 atom stereocenters. The minimum atomic E-state index is 0.706. The quantitative estimate of drug-likeness (QED) is 0.789. The highest BCUT2D eigenvalue weighted by molar-refractivity contribution is 6.33. The van der Waals surface area contributed by atoms with Gasteiger partial charge in [0.25, 0.3) is 0 Å². The monoisotopic (exact) mass is 225 g/mol. The van der Waals surface area contributed by atoms with Gasteiger partial charge in [-0.25, -0.2) is 0 Å². The third kappa shape index (κ3) is 3.84. The summed E-state index contributed by atoms with van der Waals surface area (Å²) >= 11 is 6.03. The molecule has 2 nitrogen and oxygen atoms in total. The van der Waals surface area contributed by atoms with Crippen molar-refractivity contribution >= 4 is 17.3 Å². The van der Waals surface area contributed by atoms with E-state index in [-0.39, 0.29) is 0 Å². The number of hydrogen-bond donors (Lipinski definition) is 1. The summed E-state index contributed by atoms with van der Waals surface area (Å²) in [4.78, 5) is 0. The van der Waals surface area contributed by atoms with E-state index in [4.69, 9.17) is 16.3 Å². The van der Waals surface area contributed by atoms with Crippen LogP contribution in [0, 0.1) is 0 Å². The molecule has 0 aliphatic heterocycles. The summed E-state index contributed by atoms with van der Waals surface area (Å²) in [7, 11) is 1.64. The van der Waals surface area contributed by atoms with Crippen molar-refractivity contribution in [2.45, 2.75) is 13.8 Å². The summed E-state index contributed by atoms with van der Waals surface area (Å²) in [5.41, 5.74) is 2.18. The highest BCUT2D eigenvalue weighted by atomic mass is 35.5. The lowest BCUT2D eigenvalue weighted by molar-refractivity contribution is 0.415. The SMILES string of the molecule is COc1ccc(Cl)c(NCC=C(C)C)c1. The number of halogens is 1. The maximum Gasteiger partial charge on any atom is 0.121 e. The van der Waals surface area contributed by atoms with Gasteiger partial charge in [-0.3, -0.25) is 0 Å². The van der Waals surface area contributed by atoms with Crippen LogP contribution < -0.4 is 10.1 Å². The summed E-state index contributed by atoms with van der Waals surface area (Å²) in [5, 5.41) is 3.94. The van der Waals surface area contributed by atoms with E-state index in [0.29, 0.717) is 5.02 Å². The Morgan fingerprint density at radius 1 is 1.47 bits per heavy atom. The lowest BCUT2D eigenvalue weighted by Crippen LogP contribution is -1.99. The minimum absolute atomic E-state index is 0.706. The maximum atomic E-state index is 6.03. The van der Waals surface area contributed by atoms with Gasteiger partial charge >= 0.3 is 0 Å². The fourth-order valence-corrected chi connectivity index (χ4v) is 1.32. The molecule has 0 unspecified atom stereocenters. The van der Waals surface area contributed by atoms with E-state index in [2.05, 4.69) is 25.2 Å². The predicted octanol–water partition coefficient (Wildman–Crippen LogP) is 3.73. The minimum Gasteiger partial charge on any atom is -0.497 e. The van der Waals surface area contributed by atoms with Gasteiger partial charge in [-0.05, 0) is 26.0 Å². The van der Waals surface area contributed by atoms with Crippen LogP contribution in [0.5, 0.6) is 5.75 Å². The molecule has 0 saturated heterocycles. The van der Waals surface area contributed by atoms with Gasteiger partial charge < -0.3 is 10.1 Å². The number of methoxy groups -OCH3 is 1. The smallest absolute Gasteiger partial charge is 0.121 e. The molecule has 15 heavy (non-hydrogen) atoms. The van der Waals surface area contributed by atoms with Crippen molar-refractivity contribution in [3.63, 3.8) is 0 Å². The number of nitrogens with one attached hydrogen (secondary N) is 1. The van der Waals surface area contributed by atoms with E-state index in [1.54, 1.807) is 7.11 Å². The molecule has 0 heterocycles. The van der Waals surface area contributed by atoms with E-state index in [0.717, 1.165) is 18.0 Å². The van der Waals surface area contributed by atoms with Crippen molar-refractivity contribution in [2.24, 2.45) is 0 Å². The van der Waals surface area contributed by atoms with Crippen molar-refractivity contribution in [3.05, 3.63) is 34.9 Å². The lowest BCUT2D eigenvalue weighted by Gasteiger charge is -2.08. The molecule has 0 bridgehead atoms. The highest BCUT2D eigenvalue weighted by Gasteiger charge is 2.00. The van der Waals surface area contributed by atoms with Crippen LogP contribution in [0.2, 0.25) is 5.02 Å². The lowest BCUT2D eigenvalue weighted by atomic mass is 10.3. The number of hydrogen-bond acceptors (Lipinski definition) is 2. The van der Waals surface area contributed by atoms with Crippen molar-refractivity contribution in [1.82, 2.24) is 0 Å². The summed E-state index contributed by atoms with van der Waals surface area (Å²) < 4.78 is 5.12. The van der Waals surface area contributed by atoms with Gasteiger partial charge in [0.05, 0.1) is 17.8 Å². The molecule has 0 amide bonds. The Bertz CT molecular complexity index is 357. The molecule has 0 radical (unpaired) electrons. The number of rotatable bonds is 4. The number of anilines is 1. The Morgan fingerprint density at radius 3 is 2.80 bits per heavy atom. The number of ether oxygens (including phenoxy) is 1. The molecule has 0 fully saturated rings. The molecule has 82 valence electrons. The molecule has 1 rings (SSSR count). The Kier molecular flexibility index (Phi) is 4.50. The highest BCUT2D eigenvalue weighted by Crippen LogP contribution is 2.26. The molecule has 1 aromatic carbocycles. The van der Waals surface area contributed by atoms with Gasteiger partial charge in [0.1, 0.15) is 5.75 Å². The molecule has 3 heteroatoms. The zero-order chi connectivity index (χ0) is 11.3. The molecule has 0 spiro atoms.